The Morgan fingerprint density at radius 2 is 2.11 bits per heavy atom. The van der Waals surface area contributed by atoms with Gasteiger partial charge in [0.25, 0.3) is 0 Å². The van der Waals surface area contributed by atoms with E-state index >= 15 is 0 Å². The van der Waals surface area contributed by atoms with Crippen molar-refractivity contribution in [2.45, 2.75) is 6.54 Å². The minimum Gasteiger partial charge on any atom is -0.322 e. The molecule has 94 valence electrons. The van der Waals surface area contributed by atoms with Gasteiger partial charge in [0.1, 0.15) is 11.7 Å². The van der Waals surface area contributed by atoms with E-state index in [9.17, 15) is 9.18 Å². The number of hydrogen-bond donors (Lipinski definition) is 1. The maximum absolute atomic E-state index is 12.7. The summed E-state index contributed by atoms with van der Waals surface area (Å²) in [6.07, 6.45) is 3.22. The van der Waals surface area contributed by atoms with Crippen molar-refractivity contribution in [2.75, 3.05) is 11.2 Å². The quantitative estimate of drug-likeness (QED) is 0.864. The molecule has 0 radical (unpaired) electrons. The van der Waals surface area contributed by atoms with Crippen molar-refractivity contribution < 1.29 is 9.18 Å². The molecule has 0 saturated heterocycles. The second kappa shape index (κ2) is 5.64. The third-order valence-electron chi connectivity index (χ3n) is 2.30. The second-order valence-corrected chi connectivity index (χ2v) is 4.00. The van der Waals surface area contributed by atoms with E-state index in [0.717, 1.165) is 5.56 Å². The number of hydrogen-bond acceptors (Lipinski definition) is 2. The van der Waals surface area contributed by atoms with E-state index < -0.39 is 0 Å². The van der Waals surface area contributed by atoms with Crippen molar-refractivity contribution in [3.8, 4) is 0 Å². The lowest BCUT2D eigenvalue weighted by Gasteiger charge is -2.01. The molecule has 0 spiro atoms. The van der Waals surface area contributed by atoms with Gasteiger partial charge in [0.15, 0.2) is 0 Å². The Hall–Kier alpha value is -1.88. The highest BCUT2D eigenvalue weighted by molar-refractivity contribution is 6.29. The molecular formula is C12H11ClFN3O. The van der Waals surface area contributed by atoms with Gasteiger partial charge in [0.2, 0.25) is 5.91 Å². The van der Waals surface area contributed by atoms with Crippen LogP contribution < -0.4 is 5.32 Å². The maximum atomic E-state index is 12.7. The van der Waals surface area contributed by atoms with E-state index in [0.29, 0.717) is 12.2 Å². The topological polar surface area (TPSA) is 46.9 Å². The third-order valence-corrected chi connectivity index (χ3v) is 2.54. The van der Waals surface area contributed by atoms with E-state index in [1.807, 2.05) is 0 Å². The average Bonchev–Trinajstić information content (AvgIpc) is 2.79. The molecule has 2 aromatic rings. The van der Waals surface area contributed by atoms with Crippen LogP contribution in [-0.2, 0) is 11.3 Å². The van der Waals surface area contributed by atoms with E-state index in [4.69, 9.17) is 11.6 Å². The fraction of sp³-hybridized carbons (Fsp3) is 0.167. The lowest BCUT2D eigenvalue weighted by Crippen LogP contribution is -2.11. The zero-order chi connectivity index (χ0) is 13.0. The molecule has 18 heavy (non-hydrogen) atoms. The highest BCUT2D eigenvalue weighted by Gasteiger charge is 2.03. The van der Waals surface area contributed by atoms with Gasteiger partial charge in [-0.05, 0) is 17.7 Å². The minimum absolute atomic E-state index is 0.0941. The molecule has 0 atom stereocenters. The van der Waals surface area contributed by atoms with Gasteiger partial charge in [0, 0.05) is 6.20 Å². The third kappa shape index (κ3) is 3.30. The number of anilines is 1. The number of carbonyl (C=O) groups is 1. The zero-order valence-electron chi connectivity index (χ0n) is 9.44. The van der Waals surface area contributed by atoms with Crippen LogP contribution in [0.4, 0.5) is 10.1 Å². The van der Waals surface area contributed by atoms with Crippen molar-refractivity contribution in [1.82, 2.24) is 9.78 Å². The first kappa shape index (κ1) is 12.6. The smallest absolute Gasteiger partial charge is 0.239 e. The first-order valence-electron chi connectivity index (χ1n) is 5.30. The Bertz CT molecular complexity index is 539. The average molecular weight is 268 g/mol. The number of rotatable bonds is 4. The standard InChI is InChI=1S/C12H11ClFN3O/c13-5-12(18)16-11-6-15-17(8-11)7-9-1-3-10(14)4-2-9/h1-4,6,8H,5,7H2,(H,16,18). The summed E-state index contributed by atoms with van der Waals surface area (Å²) >= 11 is 5.38. The molecule has 0 aliphatic heterocycles. The zero-order valence-corrected chi connectivity index (χ0v) is 10.2. The monoisotopic (exact) mass is 267 g/mol. The summed E-state index contributed by atoms with van der Waals surface area (Å²) < 4.78 is 14.4. The van der Waals surface area contributed by atoms with Crippen molar-refractivity contribution in [3.05, 3.63) is 48.0 Å². The second-order valence-electron chi connectivity index (χ2n) is 3.73. The SMILES string of the molecule is O=C(CCl)Nc1cnn(Cc2ccc(F)cc2)c1. The summed E-state index contributed by atoms with van der Waals surface area (Å²) in [6.45, 7) is 0.511. The van der Waals surface area contributed by atoms with Crippen molar-refractivity contribution in [3.63, 3.8) is 0 Å². The molecule has 1 aromatic carbocycles. The summed E-state index contributed by atoms with van der Waals surface area (Å²) in [6, 6.07) is 6.17. The predicted octanol–water partition coefficient (Wildman–Crippen LogP) is 2.25. The van der Waals surface area contributed by atoms with Crippen LogP contribution >= 0.6 is 11.6 Å². The Labute approximate surface area is 108 Å². The largest absolute Gasteiger partial charge is 0.322 e. The summed E-state index contributed by atoms with van der Waals surface area (Å²) in [5, 5.41) is 6.68. The van der Waals surface area contributed by atoms with Crippen molar-refractivity contribution in [1.29, 1.82) is 0 Å². The number of amides is 1. The van der Waals surface area contributed by atoms with Crippen LogP contribution in [0.5, 0.6) is 0 Å². The fourth-order valence-electron chi connectivity index (χ4n) is 1.49. The molecule has 1 N–H and O–H groups in total. The fourth-order valence-corrected chi connectivity index (χ4v) is 1.55. The van der Waals surface area contributed by atoms with E-state index in [-0.39, 0.29) is 17.6 Å². The van der Waals surface area contributed by atoms with Gasteiger partial charge in [0.05, 0.1) is 18.4 Å². The van der Waals surface area contributed by atoms with Crippen LogP contribution in [0.1, 0.15) is 5.56 Å². The summed E-state index contributed by atoms with van der Waals surface area (Å²) in [5.41, 5.74) is 1.51. The first-order chi connectivity index (χ1) is 8.67. The number of halogens is 2. The van der Waals surface area contributed by atoms with Crippen molar-refractivity contribution in [2.24, 2.45) is 0 Å². The molecule has 0 bridgehead atoms. The Morgan fingerprint density at radius 3 is 2.78 bits per heavy atom. The van der Waals surface area contributed by atoms with Gasteiger partial charge in [-0.3, -0.25) is 9.48 Å². The molecule has 0 saturated carbocycles. The number of nitrogens with one attached hydrogen (secondary N) is 1. The highest BCUT2D eigenvalue weighted by Crippen LogP contribution is 2.09. The number of benzene rings is 1. The summed E-state index contributed by atoms with van der Waals surface area (Å²) in [5.74, 6) is -0.643. The van der Waals surface area contributed by atoms with Gasteiger partial charge in [-0.1, -0.05) is 12.1 Å². The van der Waals surface area contributed by atoms with E-state index in [1.165, 1.54) is 18.3 Å². The molecule has 0 unspecified atom stereocenters. The molecule has 0 fully saturated rings. The lowest BCUT2D eigenvalue weighted by atomic mass is 10.2. The van der Waals surface area contributed by atoms with E-state index in [1.54, 1.807) is 23.0 Å². The summed E-state index contributed by atoms with van der Waals surface area (Å²) in [7, 11) is 0. The first-order valence-corrected chi connectivity index (χ1v) is 5.83. The highest BCUT2D eigenvalue weighted by atomic mass is 35.5. The summed E-state index contributed by atoms with van der Waals surface area (Å²) in [4.78, 5) is 11.1. The minimum atomic E-state index is -0.280. The van der Waals surface area contributed by atoms with Gasteiger partial charge >= 0.3 is 0 Å². The van der Waals surface area contributed by atoms with Gasteiger partial charge in [-0.2, -0.15) is 5.10 Å². The molecule has 4 nitrogen and oxygen atoms in total. The Kier molecular flexibility index (Phi) is 3.94. The van der Waals surface area contributed by atoms with Crippen LogP contribution in [0.3, 0.4) is 0 Å². The van der Waals surface area contributed by atoms with Gasteiger partial charge in [-0.25, -0.2) is 4.39 Å². The Morgan fingerprint density at radius 1 is 1.39 bits per heavy atom. The maximum Gasteiger partial charge on any atom is 0.239 e. The molecule has 0 aliphatic carbocycles. The van der Waals surface area contributed by atoms with Crippen LogP contribution in [0, 0.1) is 5.82 Å². The van der Waals surface area contributed by atoms with Crippen molar-refractivity contribution >= 4 is 23.2 Å². The molecule has 1 amide bonds. The Balaban J connectivity index is 2.02. The number of carbonyl (C=O) groups excluding carboxylic acids is 1. The predicted molar refractivity (Wildman–Crippen MR) is 67.1 cm³/mol. The molecule has 1 aromatic heterocycles. The number of alkyl halides is 1. The molecule has 0 aliphatic rings. The van der Waals surface area contributed by atoms with Crippen LogP contribution in [0.15, 0.2) is 36.7 Å². The molecule has 1 heterocycles. The van der Waals surface area contributed by atoms with Gasteiger partial charge < -0.3 is 5.32 Å². The number of nitrogens with zero attached hydrogens (tertiary/aromatic N) is 2. The molecule has 6 heteroatoms. The number of aromatic nitrogens is 2. The van der Waals surface area contributed by atoms with Crippen LogP contribution in [0.25, 0.3) is 0 Å². The van der Waals surface area contributed by atoms with Crippen LogP contribution in [-0.4, -0.2) is 21.6 Å². The normalized spacial score (nSPS) is 10.3. The lowest BCUT2D eigenvalue weighted by molar-refractivity contribution is -0.113. The van der Waals surface area contributed by atoms with Crippen LogP contribution in [0.2, 0.25) is 0 Å². The molecular weight excluding hydrogens is 257 g/mol. The van der Waals surface area contributed by atoms with E-state index in [2.05, 4.69) is 10.4 Å². The molecule has 2 rings (SSSR count). The van der Waals surface area contributed by atoms with Gasteiger partial charge in [-0.15, -0.1) is 11.6 Å².